The molecule has 0 spiro atoms. The van der Waals surface area contributed by atoms with E-state index < -0.39 is 58.6 Å². The number of piperidine rings is 1. The minimum absolute atomic E-state index is 0.0351. The van der Waals surface area contributed by atoms with Crippen molar-refractivity contribution in [1.29, 1.82) is 0 Å². The number of rotatable bonds is 3. The molecule has 2 amide bonds. The van der Waals surface area contributed by atoms with Crippen LogP contribution in [0.3, 0.4) is 0 Å². The molecule has 3 rings (SSSR count). The summed E-state index contributed by atoms with van der Waals surface area (Å²) in [5, 5.41) is 3.02. The highest BCUT2D eigenvalue weighted by Gasteiger charge is 2.39. The first-order chi connectivity index (χ1) is 16.9. The highest BCUT2D eigenvalue weighted by Crippen LogP contribution is 2.37. The van der Waals surface area contributed by atoms with Crippen LogP contribution < -0.4 is 5.32 Å². The lowest BCUT2D eigenvalue weighted by molar-refractivity contribution is -0.143. The van der Waals surface area contributed by atoms with Gasteiger partial charge in [-0.15, -0.1) is 0 Å². The van der Waals surface area contributed by atoms with E-state index in [1.807, 2.05) is 0 Å². The zero-order valence-electron chi connectivity index (χ0n) is 20.1. The predicted molar refractivity (Wildman–Crippen MR) is 124 cm³/mol. The Bertz CT molecular complexity index is 1110. The van der Waals surface area contributed by atoms with Crippen LogP contribution in [0.5, 0.6) is 0 Å². The second-order valence-electron chi connectivity index (χ2n) is 9.75. The average molecular weight is 551 g/mol. The first kappa shape index (κ1) is 28.6. The van der Waals surface area contributed by atoms with E-state index in [9.17, 15) is 35.9 Å². The molecule has 2 atom stereocenters. The van der Waals surface area contributed by atoms with E-state index in [1.54, 1.807) is 45.0 Å². The Morgan fingerprint density at radius 2 is 1.49 bits per heavy atom. The number of carbonyl (C=O) groups is 2. The SMILES string of the molecule is CC(C)(C)OC(=O)N1CC[C@@H](NC(=O)c2cc(C(F)(F)F)cc(C(F)(F)F)c2)[C@H](c2ccc(Cl)cc2)C1. The standard InChI is InChI=1S/C25H25ClF6N2O3/c1-23(2,3)37-22(36)34-9-8-20(19(13-34)14-4-6-18(26)7-5-14)33-21(35)15-10-16(24(27,28)29)12-17(11-15)25(30,31)32/h4-7,10-12,19-20H,8-9,13H2,1-3H3,(H,33,35)/t19-,20+/m0/s1. The molecule has 37 heavy (non-hydrogen) atoms. The number of carbonyl (C=O) groups excluding carboxylic acids is 2. The predicted octanol–water partition coefficient (Wildman–Crippen LogP) is 6.90. The molecule has 1 saturated heterocycles. The molecule has 0 saturated carbocycles. The molecule has 0 aromatic heterocycles. The van der Waals surface area contributed by atoms with Gasteiger partial charge >= 0.3 is 18.4 Å². The summed E-state index contributed by atoms with van der Waals surface area (Å²) >= 11 is 5.97. The summed E-state index contributed by atoms with van der Waals surface area (Å²) in [6.45, 7) is 5.37. The largest absolute Gasteiger partial charge is 0.444 e. The van der Waals surface area contributed by atoms with E-state index in [-0.39, 0.29) is 25.6 Å². The van der Waals surface area contributed by atoms with Crippen molar-refractivity contribution in [2.45, 2.75) is 57.1 Å². The van der Waals surface area contributed by atoms with E-state index in [2.05, 4.69) is 5.32 Å². The van der Waals surface area contributed by atoms with Gasteiger partial charge in [-0.1, -0.05) is 23.7 Å². The second-order valence-corrected chi connectivity index (χ2v) is 10.2. The third-order valence-electron chi connectivity index (χ3n) is 5.73. The molecule has 0 aliphatic carbocycles. The smallest absolute Gasteiger partial charge is 0.416 e. The van der Waals surface area contributed by atoms with Gasteiger partial charge in [0.25, 0.3) is 5.91 Å². The van der Waals surface area contributed by atoms with Crippen LogP contribution in [-0.4, -0.2) is 41.6 Å². The van der Waals surface area contributed by atoms with Gasteiger partial charge in [-0.25, -0.2) is 4.79 Å². The number of halogens is 7. The summed E-state index contributed by atoms with van der Waals surface area (Å²) < 4.78 is 84.9. The van der Waals surface area contributed by atoms with Crippen LogP contribution in [0.4, 0.5) is 31.1 Å². The van der Waals surface area contributed by atoms with Crippen molar-refractivity contribution in [2.75, 3.05) is 13.1 Å². The molecule has 12 heteroatoms. The van der Waals surface area contributed by atoms with Crippen molar-refractivity contribution in [1.82, 2.24) is 10.2 Å². The molecule has 1 heterocycles. The fourth-order valence-electron chi connectivity index (χ4n) is 4.00. The number of hydrogen-bond donors (Lipinski definition) is 1. The Hall–Kier alpha value is -2.95. The van der Waals surface area contributed by atoms with Crippen LogP contribution in [0, 0.1) is 0 Å². The number of nitrogens with one attached hydrogen (secondary N) is 1. The molecular weight excluding hydrogens is 526 g/mol. The Balaban J connectivity index is 1.91. The average Bonchev–Trinajstić information content (AvgIpc) is 2.77. The van der Waals surface area contributed by atoms with Gasteiger partial charge in [0.15, 0.2) is 0 Å². The lowest BCUT2D eigenvalue weighted by Crippen LogP contribution is -2.52. The van der Waals surface area contributed by atoms with Crippen molar-refractivity contribution in [3.05, 3.63) is 69.7 Å². The van der Waals surface area contributed by atoms with E-state index in [0.717, 1.165) is 0 Å². The fourth-order valence-corrected chi connectivity index (χ4v) is 4.13. The molecule has 2 aromatic carbocycles. The number of alkyl halides is 6. The Kier molecular flexibility index (Phi) is 8.07. The van der Waals surface area contributed by atoms with Crippen LogP contribution >= 0.6 is 11.6 Å². The number of likely N-dealkylation sites (tertiary alicyclic amines) is 1. The lowest BCUT2D eigenvalue weighted by Gasteiger charge is -2.39. The quantitative estimate of drug-likeness (QED) is 0.423. The molecule has 2 aromatic rings. The number of nitrogens with zero attached hydrogens (tertiary/aromatic N) is 1. The van der Waals surface area contributed by atoms with Crippen LogP contribution in [0.2, 0.25) is 5.02 Å². The highest BCUT2D eigenvalue weighted by atomic mass is 35.5. The molecule has 0 radical (unpaired) electrons. The summed E-state index contributed by atoms with van der Waals surface area (Å²) in [6.07, 6.45) is -10.6. The molecule has 1 aliphatic heterocycles. The molecule has 1 fully saturated rings. The summed E-state index contributed by atoms with van der Waals surface area (Å²) in [7, 11) is 0. The summed E-state index contributed by atoms with van der Waals surface area (Å²) in [5.74, 6) is -1.62. The molecule has 1 aliphatic rings. The second kappa shape index (κ2) is 10.4. The highest BCUT2D eigenvalue weighted by molar-refractivity contribution is 6.30. The maximum Gasteiger partial charge on any atom is 0.416 e. The maximum absolute atomic E-state index is 13.3. The Labute approximate surface area is 214 Å². The fraction of sp³-hybridized carbons (Fsp3) is 0.440. The molecule has 0 unspecified atom stereocenters. The van der Waals surface area contributed by atoms with Crippen molar-refractivity contribution in [3.8, 4) is 0 Å². The van der Waals surface area contributed by atoms with E-state index in [4.69, 9.17) is 16.3 Å². The minimum atomic E-state index is -5.08. The third kappa shape index (κ3) is 7.53. The zero-order valence-corrected chi connectivity index (χ0v) is 20.9. The zero-order chi connectivity index (χ0) is 27.8. The third-order valence-corrected chi connectivity index (χ3v) is 5.98. The van der Waals surface area contributed by atoms with Crippen molar-refractivity contribution in [2.24, 2.45) is 0 Å². The van der Waals surface area contributed by atoms with Gasteiger partial charge in [0.2, 0.25) is 0 Å². The van der Waals surface area contributed by atoms with Gasteiger partial charge in [0, 0.05) is 35.6 Å². The minimum Gasteiger partial charge on any atom is -0.444 e. The van der Waals surface area contributed by atoms with Crippen LogP contribution in [-0.2, 0) is 17.1 Å². The van der Waals surface area contributed by atoms with Crippen molar-refractivity contribution >= 4 is 23.6 Å². The Morgan fingerprint density at radius 3 is 1.97 bits per heavy atom. The summed E-state index contributed by atoms with van der Waals surface area (Å²) in [4.78, 5) is 27.0. The number of amides is 2. The maximum atomic E-state index is 13.3. The molecular formula is C25H25ClF6N2O3. The summed E-state index contributed by atoms with van der Waals surface area (Å²) in [6, 6.07) is 6.60. The van der Waals surface area contributed by atoms with Gasteiger partial charge in [0.05, 0.1) is 11.1 Å². The van der Waals surface area contributed by atoms with Gasteiger partial charge in [-0.2, -0.15) is 26.3 Å². The van der Waals surface area contributed by atoms with E-state index in [0.29, 0.717) is 22.7 Å². The lowest BCUT2D eigenvalue weighted by atomic mass is 9.85. The van der Waals surface area contributed by atoms with Crippen LogP contribution in [0.25, 0.3) is 0 Å². The normalized spacial score (nSPS) is 18.9. The van der Waals surface area contributed by atoms with Gasteiger partial charge in [-0.3, -0.25) is 4.79 Å². The van der Waals surface area contributed by atoms with E-state index >= 15 is 0 Å². The Morgan fingerprint density at radius 1 is 0.946 bits per heavy atom. The van der Waals surface area contributed by atoms with Gasteiger partial charge in [0.1, 0.15) is 5.60 Å². The topological polar surface area (TPSA) is 58.6 Å². The van der Waals surface area contributed by atoms with Gasteiger partial charge < -0.3 is 15.0 Å². The van der Waals surface area contributed by atoms with Crippen molar-refractivity contribution < 1.29 is 40.7 Å². The first-order valence-corrected chi connectivity index (χ1v) is 11.7. The molecule has 1 N–H and O–H groups in total. The van der Waals surface area contributed by atoms with Crippen LogP contribution in [0.1, 0.15) is 60.2 Å². The van der Waals surface area contributed by atoms with Gasteiger partial charge in [-0.05, 0) is 63.1 Å². The summed E-state index contributed by atoms with van der Waals surface area (Å²) in [5.41, 5.74) is -4.02. The van der Waals surface area contributed by atoms with Crippen LogP contribution in [0.15, 0.2) is 42.5 Å². The molecule has 202 valence electrons. The molecule has 5 nitrogen and oxygen atoms in total. The molecule has 0 bridgehead atoms. The van der Waals surface area contributed by atoms with Crippen molar-refractivity contribution in [3.63, 3.8) is 0 Å². The number of hydrogen-bond acceptors (Lipinski definition) is 3. The monoisotopic (exact) mass is 550 g/mol. The first-order valence-electron chi connectivity index (χ1n) is 11.3. The number of benzene rings is 2. The number of ether oxygens (including phenoxy) is 1. The van der Waals surface area contributed by atoms with E-state index in [1.165, 1.54) is 4.90 Å².